The van der Waals surface area contributed by atoms with Gasteiger partial charge in [-0.2, -0.15) is 0 Å². The molecule has 4 heteroatoms. The largest absolute Gasteiger partial charge is 0.496 e. The average Bonchev–Trinajstić information content (AvgIpc) is 2.45. The molecule has 2 rings (SSSR count). The zero-order chi connectivity index (χ0) is 15.4. The fraction of sp³-hybridized carbons (Fsp3) is 0.294. The summed E-state index contributed by atoms with van der Waals surface area (Å²) in [6.07, 6.45) is 0. The fourth-order valence-electron chi connectivity index (χ4n) is 2.16. The maximum Gasteiger partial charge on any atom is 0.125 e. The summed E-state index contributed by atoms with van der Waals surface area (Å²) in [5.74, 6) is 1.56. The third-order valence-corrected chi connectivity index (χ3v) is 3.52. The van der Waals surface area contributed by atoms with Crippen LogP contribution in [0.4, 0.5) is 0 Å². The van der Waals surface area contributed by atoms with Crippen molar-refractivity contribution in [1.82, 2.24) is 0 Å². The Bertz CT molecular complexity index is 626. The first-order valence-electron chi connectivity index (χ1n) is 6.82. The highest BCUT2D eigenvalue weighted by Crippen LogP contribution is 2.28. The monoisotopic (exact) mass is 305 g/mol. The van der Waals surface area contributed by atoms with E-state index in [1.165, 1.54) is 0 Å². The number of benzene rings is 2. The van der Waals surface area contributed by atoms with Gasteiger partial charge in [-0.15, -0.1) is 0 Å². The summed E-state index contributed by atoms with van der Waals surface area (Å²) in [6.45, 7) is 4.35. The smallest absolute Gasteiger partial charge is 0.125 e. The Morgan fingerprint density at radius 2 is 1.90 bits per heavy atom. The van der Waals surface area contributed by atoms with Crippen LogP contribution in [0.1, 0.15) is 29.7 Å². The first-order valence-corrected chi connectivity index (χ1v) is 7.20. The minimum absolute atomic E-state index is 0.0816. The van der Waals surface area contributed by atoms with Gasteiger partial charge in [0.1, 0.15) is 18.1 Å². The molecule has 2 aromatic carbocycles. The van der Waals surface area contributed by atoms with Crippen molar-refractivity contribution in [2.45, 2.75) is 26.5 Å². The lowest BCUT2D eigenvalue weighted by Crippen LogP contribution is -2.08. The Morgan fingerprint density at radius 3 is 2.57 bits per heavy atom. The maximum atomic E-state index is 6.03. The number of methoxy groups -OCH3 is 1. The highest BCUT2D eigenvalue weighted by Gasteiger charge is 2.10. The first kappa shape index (κ1) is 15.7. The van der Waals surface area contributed by atoms with E-state index in [0.717, 1.165) is 28.2 Å². The number of hydrogen-bond donors (Lipinski definition) is 1. The maximum absolute atomic E-state index is 6.03. The summed E-state index contributed by atoms with van der Waals surface area (Å²) in [4.78, 5) is 0. The second-order valence-electron chi connectivity index (χ2n) is 5.07. The molecule has 0 amide bonds. The van der Waals surface area contributed by atoms with Crippen LogP contribution in [0, 0.1) is 6.92 Å². The van der Waals surface area contributed by atoms with E-state index in [1.807, 2.05) is 44.2 Å². The normalized spacial score (nSPS) is 12.0. The zero-order valence-electron chi connectivity index (χ0n) is 12.5. The zero-order valence-corrected chi connectivity index (χ0v) is 13.3. The van der Waals surface area contributed by atoms with Gasteiger partial charge in [-0.3, -0.25) is 0 Å². The predicted molar refractivity (Wildman–Crippen MR) is 86.1 cm³/mol. The molecule has 0 fully saturated rings. The number of halogens is 1. The molecule has 0 radical (unpaired) electrons. The number of aryl methyl sites for hydroxylation is 1. The minimum atomic E-state index is -0.0816. The van der Waals surface area contributed by atoms with Gasteiger partial charge in [-0.1, -0.05) is 23.7 Å². The van der Waals surface area contributed by atoms with Crippen molar-refractivity contribution in [2.75, 3.05) is 7.11 Å². The molecule has 0 saturated carbocycles. The molecule has 2 N–H and O–H groups in total. The minimum Gasteiger partial charge on any atom is -0.496 e. The molecular weight excluding hydrogens is 286 g/mol. The Kier molecular flexibility index (Phi) is 5.10. The summed E-state index contributed by atoms with van der Waals surface area (Å²) in [5, 5.41) is 0.658. The van der Waals surface area contributed by atoms with E-state index in [9.17, 15) is 0 Å². The SMILES string of the molecule is COc1ccc(Cl)cc1COc1cc(C)ccc1C(C)N. The van der Waals surface area contributed by atoms with Crippen molar-refractivity contribution in [3.8, 4) is 11.5 Å². The fourth-order valence-corrected chi connectivity index (χ4v) is 2.35. The summed E-state index contributed by atoms with van der Waals surface area (Å²) >= 11 is 6.03. The van der Waals surface area contributed by atoms with Crippen LogP contribution in [0.5, 0.6) is 11.5 Å². The molecule has 1 unspecified atom stereocenters. The van der Waals surface area contributed by atoms with Crippen molar-refractivity contribution in [3.05, 3.63) is 58.1 Å². The van der Waals surface area contributed by atoms with Crippen molar-refractivity contribution in [1.29, 1.82) is 0 Å². The number of nitrogens with two attached hydrogens (primary N) is 1. The molecule has 0 spiro atoms. The summed E-state index contributed by atoms with van der Waals surface area (Å²) in [6, 6.07) is 11.4. The van der Waals surface area contributed by atoms with Gasteiger partial charge in [0, 0.05) is 22.2 Å². The lowest BCUT2D eigenvalue weighted by Gasteiger charge is -2.16. The van der Waals surface area contributed by atoms with Crippen LogP contribution in [0.2, 0.25) is 5.02 Å². The third kappa shape index (κ3) is 3.90. The van der Waals surface area contributed by atoms with Gasteiger partial charge in [0.15, 0.2) is 0 Å². The highest BCUT2D eigenvalue weighted by atomic mass is 35.5. The molecule has 3 nitrogen and oxygen atoms in total. The lowest BCUT2D eigenvalue weighted by atomic mass is 10.1. The van der Waals surface area contributed by atoms with E-state index in [0.29, 0.717) is 11.6 Å². The molecular formula is C17H20ClNO2. The van der Waals surface area contributed by atoms with Gasteiger partial charge in [0.05, 0.1) is 7.11 Å². The van der Waals surface area contributed by atoms with Crippen LogP contribution < -0.4 is 15.2 Å². The van der Waals surface area contributed by atoms with E-state index in [4.69, 9.17) is 26.8 Å². The molecule has 0 aliphatic rings. The van der Waals surface area contributed by atoms with Crippen molar-refractivity contribution in [2.24, 2.45) is 5.73 Å². The average molecular weight is 306 g/mol. The van der Waals surface area contributed by atoms with Crippen LogP contribution in [0.3, 0.4) is 0 Å². The van der Waals surface area contributed by atoms with Crippen LogP contribution in [-0.2, 0) is 6.61 Å². The van der Waals surface area contributed by atoms with E-state index >= 15 is 0 Å². The lowest BCUT2D eigenvalue weighted by molar-refractivity contribution is 0.292. The molecule has 0 saturated heterocycles. The van der Waals surface area contributed by atoms with Gasteiger partial charge < -0.3 is 15.2 Å². The van der Waals surface area contributed by atoms with Gasteiger partial charge >= 0.3 is 0 Å². The van der Waals surface area contributed by atoms with E-state index in [-0.39, 0.29) is 6.04 Å². The first-order chi connectivity index (χ1) is 10.0. The van der Waals surface area contributed by atoms with Crippen molar-refractivity contribution in [3.63, 3.8) is 0 Å². The topological polar surface area (TPSA) is 44.5 Å². The Balaban J connectivity index is 2.24. The van der Waals surface area contributed by atoms with Gasteiger partial charge in [0.2, 0.25) is 0 Å². The van der Waals surface area contributed by atoms with Crippen LogP contribution in [0.15, 0.2) is 36.4 Å². The molecule has 0 aliphatic heterocycles. The molecule has 1 atom stereocenters. The van der Waals surface area contributed by atoms with Gasteiger partial charge in [-0.25, -0.2) is 0 Å². The molecule has 112 valence electrons. The van der Waals surface area contributed by atoms with E-state index in [1.54, 1.807) is 13.2 Å². The highest BCUT2D eigenvalue weighted by molar-refractivity contribution is 6.30. The molecule has 21 heavy (non-hydrogen) atoms. The second-order valence-corrected chi connectivity index (χ2v) is 5.51. The molecule has 0 aliphatic carbocycles. The second kappa shape index (κ2) is 6.83. The third-order valence-electron chi connectivity index (χ3n) is 3.29. The molecule has 2 aromatic rings. The quantitative estimate of drug-likeness (QED) is 0.898. The molecule has 0 bridgehead atoms. The van der Waals surface area contributed by atoms with Gasteiger partial charge in [-0.05, 0) is 43.7 Å². The Labute approximate surface area is 130 Å². The molecule has 0 heterocycles. The standard InChI is InChI=1S/C17H20ClNO2/c1-11-4-6-15(12(2)19)17(8-11)21-10-13-9-14(18)5-7-16(13)20-3/h4-9,12H,10,19H2,1-3H3. The number of hydrogen-bond acceptors (Lipinski definition) is 3. The van der Waals surface area contributed by atoms with E-state index in [2.05, 4.69) is 0 Å². The van der Waals surface area contributed by atoms with Gasteiger partial charge in [0.25, 0.3) is 0 Å². The molecule has 0 aromatic heterocycles. The number of rotatable bonds is 5. The summed E-state index contributed by atoms with van der Waals surface area (Å²) < 4.78 is 11.3. The van der Waals surface area contributed by atoms with Crippen LogP contribution in [0.25, 0.3) is 0 Å². The summed E-state index contributed by atoms with van der Waals surface area (Å²) in [7, 11) is 1.63. The Morgan fingerprint density at radius 1 is 1.14 bits per heavy atom. The van der Waals surface area contributed by atoms with Crippen LogP contribution >= 0.6 is 11.6 Å². The van der Waals surface area contributed by atoms with Crippen molar-refractivity contribution < 1.29 is 9.47 Å². The summed E-state index contributed by atoms with van der Waals surface area (Å²) in [5.41, 5.74) is 9.01. The van der Waals surface area contributed by atoms with E-state index < -0.39 is 0 Å². The van der Waals surface area contributed by atoms with Crippen molar-refractivity contribution >= 4 is 11.6 Å². The Hall–Kier alpha value is -1.71. The van der Waals surface area contributed by atoms with Crippen LogP contribution in [-0.4, -0.2) is 7.11 Å². The number of ether oxygens (including phenoxy) is 2. The predicted octanol–water partition coefficient (Wildman–Crippen LogP) is 4.26.